The monoisotopic (exact) mass is 351 g/mol. The third-order valence-corrected chi connectivity index (χ3v) is 3.95. The molecule has 2 aromatic carbocycles. The molecule has 112 valence electrons. The van der Waals surface area contributed by atoms with Gasteiger partial charge in [-0.15, -0.1) is 0 Å². The second-order valence-electron chi connectivity index (χ2n) is 4.80. The normalized spacial score (nSPS) is 12.2. The van der Waals surface area contributed by atoms with Crippen molar-refractivity contribution in [3.05, 3.63) is 63.9 Å². The van der Waals surface area contributed by atoms with Crippen molar-refractivity contribution in [1.82, 2.24) is 5.32 Å². The molecule has 2 aromatic rings. The van der Waals surface area contributed by atoms with Crippen LogP contribution < -0.4 is 10.1 Å². The van der Waals surface area contributed by atoms with Gasteiger partial charge in [0.05, 0.1) is 17.6 Å². The molecule has 1 unspecified atom stereocenters. The van der Waals surface area contributed by atoms with E-state index in [1.54, 1.807) is 13.2 Å². The Labute approximate surface area is 133 Å². The first kappa shape index (κ1) is 16.0. The molecular weight excluding hydrogens is 333 g/mol. The standard InChI is InChI=1S/C17H19BrFNO/c1-3-11-20-17(12-7-9-13(21-2)10-8-12)14-5-4-6-15(18)16(14)19/h4-10,17,20H,3,11H2,1-2H3. The van der Waals surface area contributed by atoms with Crippen molar-refractivity contribution >= 4 is 15.9 Å². The number of hydrogen-bond donors (Lipinski definition) is 1. The van der Waals surface area contributed by atoms with E-state index in [1.807, 2.05) is 36.4 Å². The van der Waals surface area contributed by atoms with Crippen LogP contribution in [0.4, 0.5) is 4.39 Å². The van der Waals surface area contributed by atoms with Crippen LogP contribution in [0.3, 0.4) is 0 Å². The summed E-state index contributed by atoms with van der Waals surface area (Å²) in [6, 6.07) is 12.9. The maximum absolute atomic E-state index is 14.4. The molecule has 0 spiro atoms. The fourth-order valence-electron chi connectivity index (χ4n) is 2.24. The number of hydrogen-bond acceptors (Lipinski definition) is 2. The van der Waals surface area contributed by atoms with Crippen molar-refractivity contribution < 1.29 is 9.13 Å². The lowest BCUT2D eigenvalue weighted by Crippen LogP contribution is -2.24. The predicted octanol–water partition coefficient (Wildman–Crippen LogP) is 4.69. The molecule has 0 fully saturated rings. The Hall–Kier alpha value is -1.39. The van der Waals surface area contributed by atoms with Gasteiger partial charge in [-0.25, -0.2) is 4.39 Å². The van der Waals surface area contributed by atoms with Crippen molar-refractivity contribution in [3.8, 4) is 5.75 Å². The summed E-state index contributed by atoms with van der Waals surface area (Å²) in [5.41, 5.74) is 1.66. The molecular formula is C17H19BrFNO. The van der Waals surface area contributed by atoms with Crippen LogP contribution in [-0.4, -0.2) is 13.7 Å². The van der Waals surface area contributed by atoms with Crippen LogP contribution in [0.2, 0.25) is 0 Å². The van der Waals surface area contributed by atoms with E-state index in [1.165, 1.54) is 0 Å². The highest BCUT2D eigenvalue weighted by Crippen LogP contribution is 2.29. The van der Waals surface area contributed by atoms with Gasteiger partial charge in [0, 0.05) is 5.56 Å². The van der Waals surface area contributed by atoms with E-state index in [4.69, 9.17) is 4.74 Å². The first-order chi connectivity index (χ1) is 10.2. The molecule has 0 radical (unpaired) electrons. The zero-order valence-electron chi connectivity index (χ0n) is 12.2. The van der Waals surface area contributed by atoms with Gasteiger partial charge in [0.25, 0.3) is 0 Å². The second-order valence-corrected chi connectivity index (χ2v) is 5.66. The Morgan fingerprint density at radius 2 is 1.90 bits per heavy atom. The largest absolute Gasteiger partial charge is 0.497 e. The van der Waals surface area contributed by atoms with Gasteiger partial charge in [-0.3, -0.25) is 0 Å². The van der Waals surface area contributed by atoms with Crippen LogP contribution in [0.25, 0.3) is 0 Å². The van der Waals surface area contributed by atoms with Crippen molar-refractivity contribution in [2.24, 2.45) is 0 Å². The lowest BCUT2D eigenvalue weighted by atomic mass is 9.98. The van der Waals surface area contributed by atoms with Crippen LogP contribution in [0, 0.1) is 5.82 Å². The Morgan fingerprint density at radius 3 is 2.52 bits per heavy atom. The minimum atomic E-state index is -0.220. The van der Waals surface area contributed by atoms with Gasteiger partial charge in [0.1, 0.15) is 11.6 Å². The van der Waals surface area contributed by atoms with Gasteiger partial charge in [0.2, 0.25) is 0 Å². The van der Waals surface area contributed by atoms with Crippen molar-refractivity contribution in [2.75, 3.05) is 13.7 Å². The van der Waals surface area contributed by atoms with Gasteiger partial charge in [-0.1, -0.05) is 31.2 Å². The zero-order chi connectivity index (χ0) is 15.2. The lowest BCUT2D eigenvalue weighted by Gasteiger charge is -2.21. The second kappa shape index (κ2) is 7.57. The Balaban J connectivity index is 2.39. The molecule has 21 heavy (non-hydrogen) atoms. The molecule has 4 heteroatoms. The molecule has 0 aliphatic rings. The summed E-state index contributed by atoms with van der Waals surface area (Å²) in [6.45, 7) is 2.91. The molecule has 0 aliphatic heterocycles. The van der Waals surface area contributed by atoms with E-state index < -0.39 is 0 Å². The summed E-state index contributed by atoms with van der Waals surface area (Å²) >= 11 is 3.26. The number of methoxy groups -OCH3 is 1. The van der Waals surface area contributed by atoms with Crippen LogP contribution in [0.1, 0.15) is 30.5 Å². The van der Waals surface area contributed by atoms with Gasteiger partial charge in [-0.05, 0) is 52.7 Å². The molecule has 0 aromatic heterocycles. The van der Waals surface area contributed by atoms with Crippen molar-refractivity contribution in [1.29, 1.82) is 0 Å². The zero-order valence-corrected chi connectivity index (χ0v) is 13.8. The minimum Gasteiger partial charge on any atom is -0.497 e. The third kappa shape index (κ3) is 3.83. The van der Waals surface area contributed by atoms with Crippen molar-refractivity contribution in [2.45, 2.75) is 19.4 Å². The fraction of sp³-hybridized carbons (Fsp3) is 0.294. The summed E-state index contributed by atoms with van der Waals surface area (Å²) in [7, 11) is 1.63. The molecule has 1 N–H and O–H groups in total. The van der Waals surface area contributed by atoms with Gasteiger partial charge in [0.15, 0.2) is 0 Å². The van der Waals surface area contributed by atoms with Crippen LogP contribution in [0.5, 0.6) is 5.75 Å². The first-order valence-corrected chi connectivity index (χ1v) is 7.78. The number of ether oxygens (including phenoxy) is 1. The highest BCUT2D eigenvalue weighted by atomic mass is 79.9. The number of nitrogens with one attached hydrogen (secondary N) is 1. The lowest BCUT2D eigenvalue weighted by molar-refractivity contribution is 0.414. The third-order valence-electron chi connectivity index (χ3n) is 3.34. The maximum atomic E-state index is 14.4. The Bertz CT molecular complexity index is 586. The van der Waals surface area contributed by atoms with Crippen LogP contribution >= 0.6 is 15.9 Å². The number of benzene rings is 2. The Morgan fingerprint density at radius 1 is 1.19 bits per heavy atom. The average molecular weight is 352 g/mol. The predicted molar refractivity (Wildman–Crippen MR) is 87.2 cm³/mol. The molecule has 0 heterocycles. The molecule has 0 saturated carbocycles. The highest BCUT2D eigenvalue weighted by Gasteiger charge is 2.18. The molecule has 0 amide bonds. The van der Waals surface area contributed by atoms with E-state index in [-0.39, 0.29) is 11.9 Å². The fourth-order valence-corrected chi connectivity index (χ4v) is 2.62. The number of halogens is 2. The number of rotatable bonds is 6. The summed E-state index contributed by atoms with van der Waals surface area (Å²) < 4.78 is 20.1. The van der Waals surface area contributed by atoms with Crippen LogP contribution in [0.15, 0.2) is 46.9 Å². The quantitative estimate of drug-likeness (QED) is 0.815. The van der Waals surface area contributed by atoms with Gasteiger partial charge in [-0.2, -0.15) is 0 Å². The van der Waals surface area contributed by atoms with E-state index >= 15 is 0 Å². The van der Waals surface area contributed by atoms with Gasteiger partial charge >= 0.3 is 0 Å². The van der Waals surface area contributed by atoms with Crippen molar-refractivity contribution in [3.63, 3.8) is 0 Å². The molecule has 2 nitrogen and oxygen atoms in total. The molecule has 2 rings (SSSR count). The average Bonchev–Trinajstić information content (AvgIpc) is 2.52. The highest BCUT2D eigenvalue weighted by molar-refractivity contribution is 9.10. The summed E-state index contributed by atoms with van der Waals surface area (Å²) in [4.78, 5) is 0. The maximum Gasteiger partial charge on any atom is 0.142 e. The van der Waals surface area contributed by atoms with Gasteiger partial charge < -0.3 is 10.1 Å². The summed E-state index contributed by atoms with van der Waals surface area (Å²) in [6.07, 6.45) is 0.988. The summed E-state index contributed by atoms with van der Waals surface area (Å²) in [5.74, 6) is 0.574. The molecule has 0 bridgehead atoms. The van der Waals surface area contributed by atoms with E-state index in [0.29, 0.717) is 10.0 Å². The van der Waals surface area contributed by atoms with E-state index in [2.05, 4.69) is 28.2 Å². The molecule has 0 saturated heterocycles. The smallest absolute Gasteiger partial charge is 0.142 e. The SMILES string of the molecule is CCCNC(c1ccc(OC)cc1)c1cccc(Br)c1F. The molecule has 0 aliphatic carbocycles. The first-order valence-electron chi connectivity index (χ1n) is 6.98. The minimum absolute atomic E-state index is 0.173. The summed E-state index contributed by atoms with van der Waals surface area (Å²) in [5, 5.41) is 3.41. The Kier molecular flexibility index (Phi) is 5.76. The van der Waals surface area contributed by atoms with Crippen LogP contribution in [-0.2, 0) is 0 Å². The van der Waals surface area contributed by atoms with E-state index in [0.717, 1.165) is 24.3 Å². The van der Waals surface area contributed by atoms with E-state index in [9.17, 15) is 4.39 Å². The topological polar surface area (TPSA) is 21.3 Å². The molecule has 1 atom stereocenters.